The van der Waals surface area contributed by atoms with E-state index >= 15 is 0 Å². The molecule has 4 rings (SSSR count). The molecule has 0 atom stereocenters. The molecule has 3 heterocycles. The molecule has 0 bridgehead atoms. The van der Waals surface area contributed by atoms with E-state index < -0.39 is 5.95 Å². The van der Waals surface area contributed by atoms with Crippen molar-refractivity contribution in [3.8, 4) is 28.1 Å². The van der Waals surface area contributed by atoms with Crippen LogP contribution >= 0.6 is 0 Å². The van der Waals surface area contributed by atoms with Crippen LogP contribution in [0, 0.1) is 5.95 Å². The van der Waals surface area contributed by atoms with Gasteiger partial charge in [-0.1, -0.05) is 30.7 Å². The van der Waals surface area contributed by atoms with E-state index in [2.05, 4.69) is 39.1 Å². The minimum absolute atomic E-state index is 0.332. The van der Waals surface area contributed by atoms with Crippen LogP contribution in [0.1, 0.15) is 24.8 Å². The smallest absolute Gasteiger partial charge is 0.220 e. The number of likely N-dealkylation sites (tertiary alicyclic amines) is 1. The molecule has 0 amide bonds. The number of hydrogen-bond donors (Lipinski definition) is 1. The van der Waals surface area contributed by atoms with E-state index in [1.165, 1.54) is 51.2 Å². The molecule has 1 aliphatic rings. The number of halogens is 1. The molecule has 1 aliphatic heterocycles. The molecule has 0 radical (unpaired) electrons. The van der Waals surface area contributed by atoms with E-state index in [-0.39, 0.29) is 0 Å². The number of benzene rings is 1. The van der Waals surface area contributed by atoms with Crippen LogP contribution < -0.4 is 10.5 Å². The molecule has 2 aromatic heterocycles. The lowest BCUT2D eigenvalue weighted by molar-refractivity contribution is 0.221. The standard InChI is InChI=1S/C23H25FN4O/c1-29-22-12-19(21(25)14-26-22)20-11-18(13-27-23(20)24)17-7-5-16(6-8-17)15-28-9-3-2-4-10-28/h5-8,11-14H,2-4,9-10,15,25H2,1H3. The maximum Gasteiger partial charge on any atom is 0.220 e. The van der Waals surface area contributed by atoms with Gasteiger partial charge >= 0.3 is 0 Å². The van der Waals surface area contributed by atoms with Gasteiger partial charge in [-0.2, -0.15) is 4.39 Å². The van der Waals surface area contributed by atoms with Crippen molar-refractivity contribution in [1.29, 1.82) is 0 Å². The summed E-state index contributed by atoms with van der Waals surface area (Å²) in [4.78, 5) is 10.5. The van der Waals surface area contributed by atoms with Gasteiger partial charge in [-0.25, -0.2) is 9.97 Å². The second kappa shape index (κ2) is 8.57. The van der Waals surface area contributed by atoms with Crippen LogP contribution in [0.3, 0.4) is 0 Å². The highest BCUT2D eigenvalue weighted by Crippen LogP contribution is 2.32. The Hall–Kier alpha value is -2.99. The summed E-state index contributed by atoms with van der Waals surface area (Å²) in [6.45, 7) is 3.31. The van der Waals surface area contributed by atoms with Crippen molar-refractivity contribution < 1.29 is 9.13 Å². The van der Waals surface area contributed by atoms with E-state index in [1.807, 2.05) is 0 Å². The average molecular weight is 392 g/mol. The summed E-state index contributed by atoms with van der Waals surface area (Å²) < 4.78 is 19.6. The maximum absolute atomic E-state index is 14.5. The van der Waals surface area contributed by atoms with Gasteiger partial charge < -0.3 is 10.5 Å². The number of pyridine rings is 2. The summed E-state index contributed by atoms with van der Waals surface area (Å²) in [5.41, 5.74) is 10.4. The van der Waals surface area contributed by atoms with Crippen LogP contribution in [0.4, 0.5) is 10.1 Å². The Morgan fingerprint density at radius 2 is 1.72 bits per heavy atom. The fraction of sp³-hybridized carbons (Fsp3) is 0.304. The zero-order chi connectivity index (χ0) is 20.2. The van der Waals surface area contributed by atoms with Crippen molar-refractivity contribution in [3.63, 3.8) is 0 Å². The number of hydrogen-bond acceptors (Lipinski definition) is 5. The first-order valence-corrected chi connectivity index (χ1v) is 9.91. The molecule has 0 saturated carbocycles. The molecular formula is C23H25FN4O. The van der Waals surface area contributed by atoms with Crippen molar-refractivity contribution in [1.82, 2.24) is 14.9 Å². The van der Waals surface area contributed by atoms with Crippen LogP contribution in [0.15, 0.2) is 48.8 Å². The quantitative estimate of drug-likeness (QED) is 0.647. The molecular weight excluding hydrogens is 367 g/mol. The van der Waals surface area contributed by atoms with E-state index in [9.17, 15) is 4.39 Å². The Balaban J connectivity index is 1.60. The summed E-state index contributed by atoms with van der Waals surface area (Å²) in [6, 6.07) is 11.8. The Labute approximate surface area is 170 Å². The van der Waals surface area contributed by atoms with E-state index in [1.54, 1.807) is 18.3 Å². The second-order valence-electron chi connectivity index (χ2n) is 7.41. The number of methoxy groups -OCH3 is 1. The van der Waals surface area contributed by atoms with E-state index in [0.29, 0.717) is 22.7 Å². The Morgan fingerprint density at radius 1 is 0.966 bits per heavy atom. The van der Waals surface area contributed by atoms with Gasteiger partial charge in [0.15, 0.2) is 0 Å². The highest BCUT2D eigenvalue weighted by molar-refractivity contribution is 5.79. The Morgan fingerprint density at radius 3 is 2.45 bits per heavy atom. The van der Waals surface area contributed by atoms with Gasteiger partial charge in [-0.15, -0.1) is 0 Å². The SMILES string of the molecule is COc1cc(-c2cc(-c3ccc(CN4CCCCC4)cc3)cnc2F)c(N)cn1. The van der Waals surface area contributed by atoms with Crippen LogP contribution in [0.5, 0.6) is 5.88 Å². The highest BCUT2D eigenvalue weighted by atomic mass is 19.1. The van der Waals surface area contributed by atoms with Crippen molar-refractivity contribution in [3.05, 3.63) is 60.3 Å². The van der Waals surface area contributed by atoms with Gasteiger partial charge in [0.2, 0.25) is 11.8 Å². The number of nitrogens with two attached hydrogens (primary N) is 1. The van der Waals surface area contributed by atoms with E-state index in [0.717, 1.165) is 17.7 Å². The Kier molecular flexibility index (Phi) is 5.71. The van der Waals surface area contributed by atoms with Crippen LogP contribution in [0.25, 0.3) is 22.3 Å². The van der Waals surface area contributed by atoms with Gasteiger partial charge in [-0.3, -0.25) is 4.90 Å². The lowest BCUT2D eigenvalue weighted by Crippen LogP contribution is -2.28. The predicted octanol–water partition coefficient (Wildman–Crippen LogP) is 4.53. The number of nitrogen functional groups attached to an aromatic ring is 1. The van der Waals surface area contributed by atoms with Crippen molar-refractivity contribution in [2.75, 3.05) is 25.9 Å². The number of piperidine rings is 1. The molecule has 5 nitrogen and oxygen atoms in total. The largest absolute Gasteiger partial charge is 0.481 e. The summed E-state index contributed by atoms with van der Waals surface area (Å²) in [5.74, 6) is -0.198. The molecule has 1 fully saturated rings. The van der Waals surface area contributed by atoms with Gasteiger partial charge in [0.05, 0.1) is 19.0 Å². The summed E-state index contributed by atoms with van der Waals surface area (Å²) in [7, 11) is 1.51. The topological polar surface area (TPSA) is 64.3 Å². The van der Waals surface area contributed by atoms with Gasteiger partial charge in [0, 0.05) is 35.5 Å². The zero-order valence-electron chi connectivity index (χ0n) is 16.6. The molecule has 0 aliphatic carbocycles. The zero-order valence-corrected chi connectivity index (χ0v) is 16.6. The first kappa shape index (κ1) is 19.3. The number of nitrogens with zero attached hydrogens (tertiary/aromatic N) is 3. The average Bonchev–Trinajstić information content (AvgIpc) is 2.76. The third-order valence-electron chi connectivity index (χ3n) is 5.39. The Bertz CT molecular complexity index is 985. The highest BCUT2D eigenvalue weighted by Gasteiger charge is 2.14. The molecule has 29 heavy (non-hydrogen) atoms. The van der Waals surface area contributed by atoms with Crippen molar-refractivity contribution in [2.24, 2.45) is 0 Å². The molecule has 150 valence electrons. The minimum Gasteiger partial charge on any atom is -0.481 e. The number of anilines is 1. The van der Waals surface area contributed by atoms with Gasteiger partial charge in [0.25, 0.3) is 0 Å². The van der Waals surface area contributed by atoms with Gasteiger partial charge in [-0.05, 0) is 43.1 Å². The van der Waals surface area contributed by atoms with Crippen LogP contribution in [-0.4, -0.2) is 35.1 Å². The molecule has 6 heteroatoms. The first-order chi connectivity index (χ1) is 14.1. The van der Waals surface area contributed by atoms with Gasteiger partial charge in [0.1, 0.15) is 0 Å². The summed E-state index contributed by atoms with van der Waals surface area (Å²) >= 11 is 0. The van der Waals surface area contributed by atoms with E-state index in [4.69, 9.17) is 10.5 Å². The molecule has 1 saturated heterocycles. The molecule has 0 spiro atoms. The lowest BCUT2D eigenvalue weighted by atomic mass is 10.0. The minimum atomic E-state index is -0.574. The monoisotopic (exact) mass is 392 g/mol. The molecule has 0 unspecified atom stereocenters. The van der Waals surface area contributed by atoms with Crippen molar-refractivity contribution in [2.45, 2.75) is 25.8 Å². The molecule has 2 N–H and O–H groups in total. The lowest BCUT2D eigenvalue weighted by Gasteiger charge is -2.26. The molecule has 3 aromatic rings. The van der Waals surface area contributed by atoms with Crippen LogP contribution in [0.2, 0.25) is 0 Å². The third-order valence-corrected chi connectivity index (χ3v) is 5.39. The first-order valence-electron chi connectivity index (χ1n) is 9.91. The summed E-state index contributed by atoms with van der Waals surface area (Å²) in [6.07, 6.45) is 6.92. The fourth-order valence-corrected chi connectivity index (χ4v) is 3.76. The number of ether oxygens (including phenoxy) is 1. The second-order valence-corrected chi connectivity index (χ2v) is 7.41. The van der Waals surface area contributed by atoms with Crippen molar-refractivity contribution >= 4 is 5.69 Å². The fourth-order valence-electron chi connectivity index (χ4n) is 3.76. The normalized spacial score (nSPS) is 14.7. The number of aromatic nitrogens is 2. The van der Waals surface area contributed by atoms with Crippen LogP contribution in [-0.2, 0) is 6.54 Å². The number of rotatable bonds is 5. The summed E-state index contributed by atoms with van der Waals surface area (Å²) in [5, 5.41) is 0. The molecule has 1 aromatic carbocycles. The predicted molar refractivity (Wildman–Crippen MR) is 113 cm³/mol. The third kappa shape index (κ3) is 4.38. The maximum atomic E-state index is 14.5.